The van der Waals surface area contributed by atoms with Gasteiger partial charge in [-0.15, -0.1) is 0 Å². The minimum Gasteiger partial charge on any atom is -0.399 e. The van der Waals surface area contributed by atoms with Crippen molar-refractivity contribution in [1.82, 2.24) is 0 Å². The molecule has 0 radical (unpaired) electrons. The van der Waals surface area contributed by atoms with Crippen LogP contribution in [0.25, 0.3) is 0 Å². The Balaban J connectivity index is 2.50. The third kappa shape index (κ3) is 4.06. The summed E-state index contributed by atoms with van der Waals surface area (Å²) in [7, 11) is -4.51. The van der Waals surface area contributed by atoms with Gasteiger partial charge >= 0.3 is 6.18 Å². The SMILES string of the molecule is Nc1ccc(Nc2ccc(S(N)(=O)=O)c(C(F)(F)F)c2)c(Cl)c1. The molecule has 2 rings (SSSR count). The number of nitrogens with one attached hydrogen (secondary N) is 1. The second-order valence-electron chi connectivity index (χ2n) is 4.62. The largest absolute Gasteiger partial charge is 0.417 e. The number of sulfonamides is 1. The molecule has 0 saturated heterocycles. The lowest BCUT2D eigenvalue weighted by Gasteiger charge is -2.15. The number of nitrogens with two attached hydrogens (primary N) is 2. The molecule has 0 aliphatic rings. The van der Waals surface area contributed by atoms with Gasteiger partial charge in [-0.05, 0) is 36.4 Å². The first kappa shape index (κ1) is 17.4. The van der Waals surface area contributed by atoms with Gasteiger partial charge in [-0.3, -0.25) is 0 Å². The standard InChI is InChI=1S/C13H11ClF3N3O2S/c14-10-5-7(18)1-3-11(10)20-8-2-4-12(23(19,21)22)9(6-8)13(15,16)17/h1-6,20H,18H2,(H2,19,21,22). The molecule has 0 aliphatic carbocycles. The quantitative estimate of drug-likeness (QED) is 0.726. The summed E-state index contributed by atoms with van der Waals surface area (Å²) >= 11 is 5.93. The van der Waals surface area contributed by atoms with E-state index in [9.17, 15) is 21.6 Å². The van der Waals surface area contributed by atoms with E-state index in [-0.39, 0.29) is 10.7 Å². The van der Waals surface area contributed by atoms with Gasteiger partial charge in [-0.2, -0.15) is 13.2 Å². The first-order valence-corrected chi connectivity index (χ1v) is 7.97. The van der Waals surface area contributed by atoms with Crippen molar-refractivity contribution in [2.24, 2.45) is 5.14 Å². The Bertz CT molecular complexity index is 854. The maximum absolute atomic E-state index is 13.0. The van der Waals surface area contributed by atoms with Crippen molar-refractivity contribution in [3.63, 3.8) is 0 Å². The third-order valence-electron chi connectivity index (χ3n) is 2.86. The Morgan fingerprint density at radius 2 is 1.74 bits per heavy atom. The smallest absolute Gasteiger partial charge is 0.399 e. The molecule has 0 aliphatic heterocycles. The second kappa shape index (κ2) is 5.91. The van der Waals surface area contributed by atoms with Gasteiger partial charge in [0.05, 0.1) is 21.2 Å². The van der Waals surface area contributed by atoms with Crippen LogP contribution in [0.15, 0.2) is 41.3 Å². The minimum absolute atomic E-state index is 0.00334. The van der Waals surface area contributed by atoms with Gasteiger partial charge in [-0.25, -0.2) is 13.6 Å². The van der Waals surface area contributed by atoms with E-state index in [1.807, 2.05) is 0 Å². The van der Waals surface area contributed by atoms with Gasteiger partial charge in [0.2, 0.25) is 10.0 Å². The Morgan fingerprint density at radius 3 is 2.26 bits per heavy atom. The van der Waals surface area contributed by atoms with Crippen LogP contribution in [0.4, 0.5) is 30.2 Å². The summed E-state index contributed by atoms with van der Waals surface area (Å²) in [5.74, 6) is 0. The zero-order valence-corrected chi connectivity index (χ0v) is 12.9. The summed E-state index contributed by atoms with van der Waals surface area (Å²) in [4.78, 5) is -1.00. The van der Waals surface area contributed by atoms with E-state index in [1.54, 1.807) is 0 Å². The predicted octanol–water partition coefficient (Wildman–Crippen LogP) is 3.33. The molecule has 5 N–H and O–H groups in total. The van der Waals surface area contributed by atoms with Crippen molar-refractivity contribution in [3.05, 3.63) is 47.0 Å². The molecule has 0 unspecified atom stereocenters. The van der Waals surface area contributed by atoms with Gasteiger partial charge in [0.1, 0.15) is 0 Å². The van der Waals surface area contributed by atoms with E-state index >= 15 is 0 Å². The zero-order chi connectivity index (χ0) is 17.4. The lowest BCUT2D eigenvalue weighted by Crippen LogP contribution is -2.19. The fraction of sp³-hybridized carbons (Fsp3) is 0.0769. The van der Waals surface area contributed by atoms with E-state index in [0.29, 0.717) is 17.4 Å². The zero-order valence-electron chi connectivity index (χ0n) is 11.4. The second-order valence-corrected chi connectivity index (χ2v) is 6.56. The summed E-state index contributed by atoms with van der Waals surface area (Å²) < 4.78 is 61.7. The van der Waals surface area contributed by atoms with Crippen LogP contribution in [0.2, 0.25) is 5.02 Å². The molecule has 0 heterocycles. The van der Waals surface area contributed by atoms with Gasteiger partial charge in [0.15, 0.2) is 0 Å². The molecule has 0 amide bonds. The van der Waals surface area contributed by atoms with Gasteiger partial charge < -0.3 is 11.1 Å². The molecule has 0 bridgehead atoms. The highest BCUT2D eigenvalue weighted by Gasteiger charge is 2.36. The van der Waals surface area contributed by atoms with Crippen molar-refractivity contribution in [2.45, 2.75) is 11.1 Å². The summed E-state index contributed by atoms with van der Waals surface area (Å²) in [5, 5.41) is 7.68. The molecule has 0 spiro atoms. The number of hydrogen-bond donors (Lipinski definition) is 3. The van der Waals surface area contributed by atoms with Crippen LogP contribution in [0, 0.1) is 0 Å². The maximum atomic E-state index is 13.0. The van der Waals surface area contributed by atoms with Crippen LogP contribution in [0.3, 0.4) is 0 Å². The van der Waals surface area contributed by atoms with Gasteiger partial charge in [-0.1, -0.05) is 11.6 Å². The molecular weight excluding hydrogens is 355 g/mol. The average Bonchev–Trinajstić information content (AvgIpc) is 2.40. The van der Waals surface area contributed by atoms with Crippen LogP contribution in [-0.4, -0.2) is 8.42 Å². The molecule has 2 aromatic rings. The topological polar surface area (TPSA) is 98.2 Å². The van der Waals surface area contributed by atoms with Crippen LogP contribution in [0.1, 0.15) is 5.56 Å². The highest BCUT2D eigenvalue weighted by molar-refractivity contribution is 7.89. The first-order valence-electron chi connectivity index (χ1n) is 6.04. The molecule has 0 atom stereocenters. The average molecular weight is 366 g/mol. The number of nitrogen functional groups attached to an aromatic ring is 1. The normalized spacial score (nSPS) is 12.2. The summed E-state index contributed by atoms with van der Waals surface area (Å²) in [6, 6.07) is 7.00. The summed E-state index contributed by atoms with van der Waals surface area (Å²) in [6.45, 7) is 0. The number of primary sulfonamides is 1. The van der Waals surface area contributed by atoms with Crippen molar-refractivity contribution in [1.29, 1.82) is 0 Å². The Labute approximate surface area is 135 Å². The number of anilines is 3. The first-order chi connectivity index (χ1) is 10.5. The Hall–Kier alpha value is -1.97. The highest BCUT2D eigenvalue weighted by Crippen LogP contribution is 2.36. The van der Waals surface area contributed by atoms with Crippen LogP contribution < -0.4 is 16.2 Å². The number of hydrogen-bond acceptors (Lipinski definition) is 4. The molecular formula is C13H11ClF3N3O2S. The summed E-state index contributed by atoms with van der Waals surface area (Å²) in [5.41, 5.74) is 4.87. The predicted molar refractivity (Wildman–Crippen MR) is 82.0 cm³/mol. The van der Waals surface area contributed by atoms with Crippen molar-refractivity contribution < 1.29 is 21.6 Å². The van der Waals surface area contributed by atoms with E-state index in [4.69, 9.17) is 22.5 Å². The molecule has 0 fully saturated rings. The number of alkyl halides is 3. The third-order valence-corrected chi connectivity index (χ3v) is 4.15. The highest BCUT2D eigenvalue weighted by atomic mass is 35.5. The summed E-state index contributed by atoms with van der Waals surface area (Å²) in [6.07, 6.45) is -4.88. The maximum Gasteiger partial charge on any atom is 0.417 e. The number of benzene rings is 2. The van der Waals surface area contributed by atoms with Crippen LogP contribution in [-0.2, 0) is 16.2 Å². The van der Waals surface area contributed by atoms with Crippen molar-refractivity contribution in [2.75, 3.05) is 11.1 Å². The fourth-order valence-corrected chi connectivity index (χ4v) is 2.84. The molecule has 124 valence electrons. The van der Waals surface area contributed by atoms with Gasteiger partial charge in [0, 0.05) is 11.4 Å². The molecule has 0 aromatic heterocycles. The molecule has 23 heavy (non-hydrogen) atoms. The molecule has 5 nitrogen and oxygen atoms in total. The number of halogens is 4. The van der Waals surface area contributed by atoms with Crippen molar-refractivity contribution >= 4 is 38.7 Å². The van der Waals surface area contributed by atoms with Crippen LogP contribution in [0.5, 0.6) is 0 Å². The molecule has 0 saturated carbocycles. The van der Waals surface area contributed by atoms with E-state index in [1.165, 1.54) is 18.2 Å². The molecule has 2 aromatic carbocycles. The number of rotatable bonds is 3. The monoisotopic (exact) mass is 365 g/mol. The minimum atomic E-state index is -4.88. The fourth-order valence-electron chi connectivity index (χ4n) is 1.87. The van der Waals surface area contributed by atoms with Crippen LogP contribution >= 0.6 is 11.6 Å². The lowest BCUT2D eigenvalue weighted by atomic mass is 10.2. The van der Waals surface area contributed by atoms with E-state index < -0.39 is 26.7 Å². The Kier molecular flexibility index (Phi) is 4.47. The van der Waals surface area contributed by atoms with Crippen molar-refractivity contribution in [3.8, 4) is 0 Å². The lowest BCUT2D eigenvalue weighted by molar-refractivity contribution is -0.139. The van der Waals surface area contributed by atoms with Gasteiger partial charge in [0.25, 0.3) is 0 Å². The van der Waals surface area contributed by atoms with E-state index in [2.05, 4.69) is 5.32 Å². The molecule has 10 heteroatoms. The van der Waals surface area contributed by atoms with E-state index in [0.717, 1.165) is 12.1 Å². The Morgan fingerprint density at radius 1 is 1.09 bits per heavy atom.